The van der Waals surface area contributed by atoms with Gasteiger partial charge < -0.3 is 48.6 Å². The summed E-state index contributed by atoms with van der Waals surface area (Å²) in [5.74, 6) is -7.65. The number of aromatic nitrogens is 1. The molecule has 15 atom stereocenters. The highest BCUT2D eigenvalue weighted by Gasteiger charge is 2.56. The Bertz CT molecular complexity index is 1810. The number of hydrogen-bond donors (Lipinski definition) is 3. The van der Waals surface area contributed by atoms with Gasteiger partial charge in [-0.3, -0.25) is 19.4 Å². The van der Waals surface area contributed by atoms with Gasteiger partial charge in [0.05, 0.1) is 37.1 Å². The minimum absolute atomic E-state index is 0.0225. The van der Waals surface area contributed by atoms with Crippen LogP contribution < -0.4 is 0 Å². The first kappa shape index (κ1) is 52.6. The van der Waals surface area contributed by atoms with E-state index in [1.165, 1.54) is 19.1 Å². The van der Waals surface area contributed by atoms with E-state index in [0.29, 0.717) is 62.5 Å². The summed E-state index contributed by atoms with van der Waals surface area (Å²) in [5.41, 5.74) is 2.31. The summed E-state index contributed by atoms with van der Waals surface area (Å²) in [4.78, 5) is 62.4. The zero-order valence-electron chi connectivity index (χ0n) is 40.1. The third-order valence-electron chi connectivity index (χ3n) is 14.4. The molecule has 15 unspecified atom stereocenters. The van der Waals surface area contributed by atoms with Crippen molar-refractivity contribution < 1.29 is 62.9 Å². The SMILES string of the molecule is CCC1C=C(C)CC(C)CC(OC)C2OC(O)(C(=O)C(=O)N3CCCCC3C(=O)OC(C(C)=CC3CCC(OCC(O)c4cccnc4)C(OC)C3)C(C)C(O)CC1=O)C(C)CC2OC. The molecule has 3 fully saturated rings. The number of carbonyl (C=O) groups excluding carboxylic acids is 4. The van der Waals surface area contributed by atoms with Crippen LogP contribution in [0.3, 0.4) is 0 Å². The van der Waals surface area contributed by atoms with Crippen molar-refractivity contribution in [2.75, 3.05) is 34.5 Å². The molecular formula is C50H76N2O13. The van der Waals surface area contributed by atoms with Crippen LogP contribution in [-0.4, -0.2) is 138 Å². The topological polar surface area (TPSA) is 200 Å². The lowest BCUT2D eigenvalue weighted by atomic mass is 9.81. The molecule has 5 rings (SSSR count). The fraction of sp³-hybridized carbons (Fsp3) is 0.740. The number of piperidine rings is 1. The van der Waals surface area contributed by atoms with Crippen LogP contribution >= 0.6 is 0 Å². The molecule has 1 aliphatic carbocycles. The lowest BCUT2D eigenvalue weighted by Gasteiger charge is -2.47. The molecule has 1 amide bonds. The van der Waals surface area contributed by atoms with Crippen molar-refractivity contribution in [1.29, 1.82) is 0 Å². The maximum absolute atomic E-state index is 14.5. The monoisotopic (exact) mass is 913 g/mol. The number of pyridine rings is 1. The van der Waals surface area contributed by atoms with E-state index in [1.807, 2.05) is 32.9 Å². The summed E-state index contributed by atoms with van der Waals surface area (Å²) in [5, 5.41) is 34.6. The van der Waals surface area contributed by atoms with Gasteiger partial charge in [-0.25, -0.2) is 4.79 Å². The Balaban J connectivity index is 1.45. The molecule has 0 aromatic carbocycles. The fourth-order valence-electron chi connectivity index (χ4n) is 10.4. The van der Waals surface area contributed by atoms with Crippen LogP contribution in [0.25, 0.3) is 0 Å². The van der Waals surface area contributed by atoms with E-state index in [2.05, 4.69) is 11.9 Å². The highest BCUT2D eigenvalue weighted by atomic mass is 16.7. The smallest absolute Gasteiger partial charge is 0.329 e. The molecule has 0 spiro atoms. The first-order valence-corrected chi connectivity index (χ1v) is 23.8. The molecule has 4 aliphatic rings. The minimum atomic E-state index is -2.52. The second-order valence-electron chi connectivity index (χ2n) is 19.3. The summed E-state index contributed by atoms with van der Waals surface area (Å²) < 4.78 is 36.5. The Hall–Kier alpha value is -3.41. The third kappa shape index (κ3) is 13.0. The van der Waals surface area contributed by atoms with Gasteiger partial charge in [-0.1, -0.05) is 51.5 Å². The highest BCUT2D eigenvalue weighted by Crippen LogP contribution is 2.39. The van der Waals surface area contributed by atoms with Crippen molar-refractivity contribution in [2.45, 2.75) is 173 Å². The van der Waals surface area contributed by atoms with Gasteiger partial charge in [0.2, 0.25) is 5.79 Å². The van der Waals surface area contributed by atoms with Gasteiger partial charge in [0.25, 0.3) is 11.7 Å². The van der Waals surface area contributed by atoms with Crippen molar-refractivity contribution >= 4 is 23.4 Å². The van der Waals surface area contributed by atoms with Crippen LogP contribution in [-0.2, 0) is 47.6 Å². The Kier molecular flexibility index (Phi) is 19.4. The number of allylic oxidation sites excluding steroid dienone is 3. The predicted octanol–water partition coefficient (Wildman–Crippen LogP) is 5.63. The van der Waals surface area contributed by atoms with E-state index in [4.69, 9.17) is 28.4 Å². The summed E-state index contributed by atoms with van der Waals surface area (Å²) in [6, 6.07) is 2.40. The molecule has 15 heteroatoms. The van der Waals surface area contributed by atoms with Gasteiger partial charge in [0.15, 0.2) is 0 Å². The van der Waals surface area contributed by atoms with Crippen molar-refractivity contribution in [1.82, 2.24) is 9.88 Å². The zero-order chi connectivity index (χ0) is 47.6. The lowest BCUT2D eigenvalue weighted by molar-refractivity contribution is -0.302. The normalized spacial score (nSPS) is 37.1. The molecule has 364 valence electrons. The minimum Gasteiger partial charge on any atom is -0.456 e. The maximum Gasteiger partial charge on any atom is 0.329 e. The van der Waals surface area contributed by atoms with Crippen molar-refractivity contribution in [3.05, 3.63) is 53.4 Å². The quantitative estimate of drug-likeness (QED) is 0.148. The van der Waals surface area contributed by atoms with E-state index in [-0.39, 0.29) is 62.2 Å². The van der Waals surface area contributed by atoms with Gasteiger partial charge in [0, 0.05) is 70.0 Å². The molecule has 15 nitrogen and oxygen atoms in total. The summed E-state index contributed by atoms with van der Waals surface area (Å²) in [6.07, 6.45) is 6.48. The summed E-state index contributed by atoms with van der Waals surface area (Å²) in [7, 11) is 4.69. The molecule has 1 saturated carbocycles. The molecular weight excluding hydrogens is 837 g/mol. The number of aliphatic hydroxyl groups is 3. The Morgan fingerprint density at radius 3 is 2.34 bits per heavy atom. The molecule has 2 saturated heterocycles. The van der Waals surface area contributed by atoms with Crippen molar-refractivity contribution in [2.24, 2.45) is 29.6 Å². The number of amides is 1. The Labute approximate surface area is 385 Å². The van der Waals surface area contributed by atoms with Crippen molar-refractivity contribution in [3.63, 3.8) is 0 Å². The number of carbonyl (C=O) groups is 4. The first-order valence-electron chi connectivity index (χ1n) is 23.8. The maximum atomic E-state index is 14.5. The van der Waals surface area contributed by atoms with Crippen LogP contribution in [0.5, 0.6) is 0 Å². The van der Waals surface area contributed by atoms with E-state index in [1.54, 1.807) is 45.5 Å². The average Bonchev–Trinajstić information content (AvgIpc) is 3.30. The van der Waals surface area contributed by atoms with E-state index in [9.17, 15) is 34.5 Å². The van der Waals surface area contributed by atoms with Crippen LogP contribution in [0.1, 0.15) is 124 Å². The number of rotatable bonds is 10. The number of methoxy groups -OCH3 is 3. The number of esters is 1. The van der Waals surface area contributed by atoms with Gasteiger partial charge in [0.1, 0.15) is 30.1 Å². The highest BCUT2D eigenvalue weighted by molar-refractivity contribution is 6.39. The van der Waals surface area contributed by atoms with Gasteiger partial charge in [-0.05, 0) is 102 Å². The van der Waals surface area contributed by atoms with Crippen LogP contribution in [0.4, 0.5) is 0 Å². The number of hydrogen-bond acceptors (Lipinski definition) is 14. The zero-order valence-corrected chi connectivity index (χ0v) is 40.1. The molecule has 0 radical (unpaired) electrons. The number of cyclic esters (lactones) is 1. The van der Waals surface area contributed by atoms with Gasteiger partial charge >= 0.3 is 5.97 Å². The second kappa shape index (κ2) is 24.0. The standard InChI is InChI=1S/C50H76N2O13/c1-10-35-21-29(2)20-30(3)22-43(61-8)46-44(62-9)24-32(5)50(59,65-46)47(56)48(57)52-19-12-11-15-37(52)49(58)64-45(33(6)38(53)26-39(35)54)31(4)23-34-16-17-41(42(25-34)60-7)63-28-40(55)36-14-13-18-51-27-36/h13-14,18,21,23,27,30,32-35,37-38,40-46,53,55,59H,10-12,15-17,19-20,22,24-26,28H2,1-9H3. The lowest BCUT2D eigenvalue weighted by Crippen LogP contribution is -2.64. The number of Topliss-reactive ketones (excluding diaryl/α,β-unsaturated/α-hetero) is 2. The van der Waals surface area contributed by atoms with Crippen molar-refractivity contribution in [3.8, 4) is 0 Å². The number of nitrogens with zero attached hydrogens (tertiary/aromatic N) is 2. The first-order chi connectivity index (χ1) is 30.9. The van der Waals surface area contributed by atoms with Crippen LogP contribution in [0.2, 0.25) is 0 Å². The van der Waals surface area contributed by atoms with E-state index in [0.717, 1.165) is 5.57 Å². The number of aliphatic hydroxyl groups excluding tert-OH is 2. The molecule has 3 aliphatic heterocycles. The molecule has 4 heterocycles. The van der Waals surface area contributed by atoms with Gasteiger partial charge in [-0.15, -0.1) is 0 Å². The third-order valence-corrected chi connectivity index (χ3v) is 14.4. The fourth-order valence-corrected chi connectivity index (χ4v) is 10.4. The summed E-state index contributed by atoms with van der Waals surface area (Å²) >= 11 is 0. The molecule has 1 aromatic heterocycles. The second-order valence-corrected chi connectivity index (χ2v) is 19.3. The van der Waals surface area contributed by atoms with Crippen LogP contribution in [0.15, 0.2) is 47.8 Å². The number of ether oxygens (including phenoxy) is 6. The predicted molar refractivity (Wildman–Crippen MR) is 241 cm³/mol. The van der Waals surface area contributed by atoms with Gasteiger partial charge in [-0.2, -0.15) is 0 Å². The molecule has 3 N–H and O–H groups in total. The number of fused-ring (bicyclic) bond motifs is 3. The average molecular weight is 913 g/mol. The Morgan fingerprint density at radius 1 is 0.969 bits per heavy atom. The van der Waals surface area contributed by atoms with E-state index < -0.39 is 83.9 Å². The van der Waals surface area contributed by atoms with E-state index >= 15 is 0 Å². The molecule has 65 heavy (non-hydrogen) atoms. The summed E-state index contributed by atoms with van der Waals surface area (Å²) in [6.45, 7) is 11.3. The van der Waals surface area contributed by atoms with Crippen LogP contribution in [0, 0.1) is 29.6 Å². The molecule has 1 aromatic rings. The molecule has 2 bridgehead atoms. The Morgan fingerprint density at radius 2 is 1.68 bits per heavy atom. The number of ketones is 2. The largest absolute Gasteiger partial charge is 0.456 e.